The number of aryl methyl sites for hydroxylation is 1. The van der Waals surface area contributed by atoms with Gasteiger partial charge in [0.2, 0.25) is 0 Å². The maximum atomic E-state index is 12.9. The van der Waals surface area contributed by atoms with Crippen LogP contribution in [0, 0.1) is 25.7 Å². The van der Waals surface area contributed by atoms with Crippen molar-refractivity contribution in [3.05, 3.63) is 40.5 Å². The number of hydrogen-bond acceptors (Lipinski definition) is 8. The van der Waals surface area contributed by atoms with Crippen molar-refractivity contribution >= 4 is 55.6 Å². The summed E-state index contributed by atoms with van der Waals surface area (Å²) in [5, 5.41) is 3.71. The fourth-order valence-electron chi connectivity index (χ4n) is 4.94. The van der Waals surface area contributed by atoms with Crippen molar-refractivity contribution in [2.24, 2.45) is 11.8 Å². The number of fused-ring (bicyclic) bond motifs is 1. The standard InChI is InChI=1S/C19H31NO3S3.C11H13N3/c1-6-13(3)26(22,23)17-14(4)16(25-19(17)24-5)18(21)20-11-15-9-7-12(2)8-10-15;1-8-12-10-7-5-4-6-9(10)11(13-8)14(2)3/h12-13,15H,6-11H2,1-5H3,(H,20,21);4-7H,1-3H3. The van der Waals surface area contributed by atoms with E-state index in [9.17, 15) is 13.2 Å². The summed E-state index contributed by atoms with van der Waals surface area (Å²) in [5.41, 5.74) is 1.61. The molecule has 3 aromatic rings. The number of thiophene rings is 1. The minimum atomic E-state index is -3.41. The van der Waals surface area contributed by atoms with Crippen molar-refractivity contribution in [3.63, 3.8) is 0 Å². The maximum absolute atomic E-state index is 12.9. The fourth-order valence-corrected chi connectivity index (χ4v) is 9.45. The molecule has 4 rings (SSSR count). The molecule has 1 aromatic carbocycles. The van der Waals surface area contributed by atoms with E-state index in [0.29, 0.717) is 34.2 Å². The topological polar surface area (TPSA) is 92.3 Å². The Labute approximate surface area is 248 Å². The molecule has 1 N–H and O–H groups in total. The number of rotatable bonds is 8. The highest BCUT2D eigenvalue weighted by molar-refractivity contribution is 8.01. The van der Waals surface area contributed by atoms with Crippen molar-refractivity contribution < 1.29 is 13.2 Å². The number of amides is 1. The Hall–Kier alpha value is -2.17. The van der Waals surface area contributed by atoms with Crippen LogP contribution in [0.25, 0.3) is 10.9 Å². The molecule has 40 heavy (non-hydrogen) atoms. The third-order valence-electron chi connectivity index (χ3n) is 7.65. The molecule has 1 fully saturated rings. The predicted octanol–water partition coefficient (Wildman–Crippen LogP) is 6.91. The van der Waals surface area contributed by atoms with Crippen molar-refractivity contribution in [1.82, 2.24) is 15.3 Å². The number of para-hydroxylation sites is 1. The Morgan fingerprint density at radius 1 is 1.15 bits per heavy atom. The molecule has 1 saturated carbocycles. The zero-order valence-electron chi connectivity index (χ0n) is 25.1. The van der Waals surface area contributed by atoms with Crippen LogP contribution >= 0.6 is 23.1 Å². The minimum absolute atomic E-state index is 0.132. The van der Waals surface area contributed by atoms with E-state index in [0.717, 1.165) is 45.5 Å². The molecule has 1 aliphatic rings. The molecular weight excluding hydrogens is 561 g/mol. The van der Waals surface area contributed by atoms with Crippen LogP contribution in [0.4, 0.5) is 5.82 Å². The third kappa shape index (κ3) is 7.56. The van der Waals surface area contributed by atoms with Gasteiger partial charge < -0.3 is 10.2 Å². The Morgan fingerprint density at radius 2 is 1.80 bits per heavy atom. The average Bonchev–Trinajstić information content (AvgIpc) is 3.28. The van der Waals surface area contributed by atoms with E-state index in [-0.39, 0.29) is 5.91 Å². The lowest BCUT2D eigenvalue weighted by Crippen LogP contribution is -2.31. The van der Waals surface area contributed by atoms with Crippen LogP contribution in [0.2, 0.25) is 0 Å². The van der Waals surface area contributed by atoms with Crippen LogP contribution in [0.5, 0.6) is 0 Å². The number of sulfone groups is 1. The first-order valence-corrected chi connectivity index (χ1v) is 17.6. The van der Waals surface area contributed by atoms with Crippen LogP contribution in [-0.4, -0.2) is 56.4 Å². The van der Waals surface area contributed by atoms with Gasteiger partial charge in [0.15, 0.2) is 9.84 Å². The lowest BCUT2D eigenvalue weighted by molar-refractivity contribution is 0.0945. The maximum Gasteiger partial charge on any atom is 0.261 e. The van der Waals surface area contributed by atoms with Crippen molar-refractivity contribution in [2.75, 3.05) is 31.8 Å². The first-order valence-electron chi connectivity index (χ1n) is 14.0. The first-order chi connectivity index (χ1) is 18.9. The molecular formula is C30H44N4O3S3. The summed E-state index contributed by atoms with van der Waals surface area (Å²) in [6.45, 7) is 10.3. The van der Waals surface area contributed by atoms with E-state index < -0.39 is 15.1 Å². The average molecular weight is 605 g/mol. The lowest BCUT2D eigenvalue weighted by atomic mass is 9.83. The summed E-state index contributed by atoms with van der Waals surface area (Å²) in [5.74, 6) is 2.99. The number of carbonyl (C=O) groups is 1. The Morgan fingerprint density at radius 3 is 2.40 bits per heavy atom. The SMILES string of the molecule is CCC(C)S(=O)(=O)c1c(SC)sc(C(=O)NCC2CCC(C)CC2)c1C.Cc1nc(N(C)C)c2ccccc2n1. The number of anilines is 1. The van der Waals surface area contributed by atoms with Crippen molar-refractivity contribution in [3.8, 4) is 0 Å². The monoisotopic (exact) mass is 604 g/mol. The number of hydrogen-bond donors (Lipinski definition) is 1. The molecule has 0 spiro atoms. The molecule has 2 aromatic heterocycles. The summed E-state index contributed by atoms with van der Waals surface area (Å²) in [6.07, 6.45) is 7.21. The summed E-state index contributed by atoms with van der Waals surface area (Å²) >= 11 is 2.72. The Balaban J connectivity index is 0.000000263. The normalized spacial score (nSPS) is 18.1. The van der Waals surface area contributed by atoms with Gasteiger partial charge in [-0.25, -0.2) is 18.4 Å². The summed E-state index contributed by atoms with van der Waals surface area (Å²) in [4.78, 5) is 24.4. The molecule has 1 amide bonds. The van der Waals surface area contributed by atoms with Crippen LogP contribution < -0.4 is 10.2 Å². The van der Waals surface area contributed by atoms with E-state index in [1.54, 1.807) is 13.8 Å². The summed E-state index contributed by atoms with van der Waals surface area (Å²) in [6, 6.07) is 8.06. The molecule has 1 unspecified atom stereocenters. The van der Waals surface area contributed by atoms with Gasteiger partial charge >= 0.3 is 0 Å². The van der Waals surface area contributed by atoms with Gasteiger partial charge in [-0.1, -0.05) is 38.8 Å². The van der Waals surface area contributed by atoms with Gasteiger partial charge in [-0.3, -0.25) is 4.79 Å². The quantitative estimate of drug-likeness (QED) is 0.279. The second-order valence-electron chi connectivity index (χ2n) is 11.0. The van der Waals surface area contributed by atoms with Crippen molar-refractivity contribution in [1.29, 1.82) is 0 Å². The summed E-state index contributed by atoms with van der Waals surface area (Å²) in [7, 11) is 0.581. The molecule has 1 atom stereocenters. The highest BCUT2D eigenvalue weighted by Gasteiger charge is 2.32. The number of thioether (sulfide) groups is 1. The number of nitrogens with one attached hydrogen (secondary N) is 1. The van der Waals surface area contributed by atoms with Gasteiger partial charge in [-0.15, -0.1) is 23.1 Å². The van der Waals surface area contributed by atoms with Gasteiger partial charge in [0.25, 0.3) is 5.91 Å². The van der Waals surface area contributed by atoms with Crippen LogP contribution in [0.3, 0.4) is 0 Å². The lowest BCUT2D eigenvalue weighted by Gasteiger charge is -2.26. The minimum Gasteiger partial charge on any atom is -0.362 e. The molecule has 0 aliphatic heterocycles. The predicted molar refractivity (Wildman–Crippen MR) is 170 cm³/mol. The summed E-state index contributed by atoms with van der Waals surface area (Å²) < 4.78 is 26.5. The fraction of sp³-hybridized carbons (Fsp3) is 0.567. The Bertz CT molecular complexity index is 1410. The molecule has 220 valence electrons. The van der Waals surface area contributed by atoms with Crippen LogP contribution in [0.1, 0.15) is 73.9 Å². The molecule has 2 heterocycles. The van der Waals surface area contributed by atoms with Gasteiger partial charge in [0.05, 0.1) is 24.7 Å². The second-order valence-corrected chi connectivity index (χ2v) is 15.4. The molecule has 0 radical (unpaired) electrons. The van der Waals surface area contributed by atoms with Gasteiger partial charge in [0.1, 0.15) is 11.6 Å². The molecule has 0 saturated heterocycles. The van der Waals surface area contributed by atoms with E-state index in [2.05, 4.69) is 22.2 Å². The second kappa shape index (κ2) is 14.1. The Kier molecular flexibility index (Phi) is 11.4. The highest BCUT2D eigenvalue weighted by atomic mass is 32.2. The molecule has 10 heteroatoms. The molecule has 7 nitrogen and oxygen atoms in total. The smallest absolute Gasteiger partial charge is 0.261 e. The van der Waals surface area contributed by atoms with E-state index in [4.69, 9.17) is 0 Å². The van der Waals surface area contributed by atoms with Gasteiger partial charge in [-0.05, 0) is 75.8 Å². The zero-order chi connectivity index (χ0) is 29.6. The molecule has 0 bridgehead atoms. The van der Waals surface area contributed by atoms with Gasteiger partial charge in [-0.2, -0.15) is 0 Å². The number of nitrogens with zero attached hydrogens (tertiary/aromatic N) is 3. The van der Waals surface area contributed by atoms with E-state index in [1.165, 1.54) is 35.9 Å². The van der Waals surface area contributed by atoms with E-state index >= 15 is 0 Å². The molecule has 1 aliphatic carbocycles. The van der Waals surface area contributed by atoms with E-state index in [1.807, 2.05) is 63.4 Å². The first kappa shape index (κ1) is 32.3. The number of aromatic nitrogens is 2. The highest BCUT2D eigenvalue weighted by Crippen LogP contribution is 2.40. The largest absolute Gasteiger partial charge is 0.362 e. The van der Waals surface area contributed by atoms with Gasteiger partial charge in [0, 0.05) is 26.0 Å². The van der Waals surface area contributed by atoms with Crippen LogP contribution in [0.15, 0.2) is 33.4 Å². The van der Waals surface area contributed by atoms with Crippen molar-refractivity contribution in [2.45, 2.75) is 81.1 Å². The third-order valence-corrected chi connectivity index (χ3v) is 12.8. The van der Waals surface area contributed by atoms with Crippen LogP contribution in [-0.2, 0) is 9.84 Å². The number of carbonyl (C=O) groups excluding carboxylic acids is 1. The zero-order valence-corrected chi connectivity index (χ0v) is 27.5. The number of benzene rings is 1.